The summed E-state index contributed by atoms with van der Waals surface area (Å²) < 4.78 is 0. The van der Waals surface area contributed by atoms with E-state index in [-0.39, 0.29) is 5.91 Å². The molecular weight excluding hydrogens is 198 g/mol. The van der Waals surface area contributed by atoms with E-state index in [1.54, 1.807) is 18.0 Å². The number of halogens is 1. The highest BCUT2D eigenvalue weighted by Gasteiger charge is 2.14. The number of hydrogen-bond acceptors (Lipinski definition) is 1. The summed E-state index contributed by atoms with van der Waals surface area (Å²) in [5, 5.41) is 0.738. The van der Waals surface area contributed by atoms with E-state index in [9.17, 15) is 4.79 Å². The quantitative estimate of drug-likeness (QED) is 0.641. The van der Waals surface area contributed by atoms with Crippen LogP contribution in [0, 0.1) is 0 Å². The molecule has 0 atom stereocenters. The van der Waals surface area contributed by atoms with Crippen LogP contribution in [0.2, 0.25) is 5.02 Å². The highest BCUT2D eigenvalue weighted by molar-refractivity contribution is 6.32. The van der Waals surface area contributed by atoms with E-state index in [1.165, 1.54) is 0 Å². The highest BCUT2D eigenvalue weighted by Crippen LogP contribution is 2.26. The van der Waals surface area contributed by atoms with E-state index in [4.69, 9.17) is 11.6 Å². The van der Waals surface area contributed by atoms with Crippen molar-refractivity contribution in [2.75, 3.05) is 0 Å². The second-order valence-corrected chi connectivity index (χ2v) is 3.68. The lowest BCUT2D eigenvalue weighted by atomic mass is 10.0. The second-order valence-electron chi connectivity index (χ2n) is 3.28. The van der Waals surface area contributed by atoms with E-state index in [1.807, 2.05) is 24.3 Å². The van der Waals surface area contributed by atoms with Gasteiger partial charge in [0, 0.05) is 18.1 Å². The molecule has 0 N–H and O–H groups in total. The summed E-state index contributed by atoms with van der Waals surface area (Å²) >= 11 is 6.01. The smallest absolute Gasteiger partial charge is 0.223 e. The van der Waals surface area contributed by atoms with Gasteiger partial charge in [0.1, 0.15) is 0 Å². The first-order valence-corrected chi connectivity index (χ1v) is 4.79. The molecule has 0 aromatic heterocycles. The minimum Gasteiger partial charge on any atom is -0.315 e. The number of nitrogens with zero attached hydrogens (tertiary/aromatic N) is 1. The lowest BCUT2D eigenvalue weighted by Crippen LogP contribution is -2.24. The fourth-order valence-electron chi connectivity index (χ4n) is 1.52. The molecule has 3 heteroatoms. The molecule has 0 saturated carbocycles. The van der Waals surface area contributed by atoms with Gasteiger partial charge in [-0.2, -0.15) is 0 Å². The molecule has 14 heavy (non-hydrogen) atoms. The van der Waals surface area contributed by atoms with Gasteiger partial charge in [-0.15, -0.1) is 0 Å². The number of amides is 1. The molecule has 0 bridgehead atoms. The van der Waals surface area contributed by atoms with Crippen molar-refractivity contribution in [3.8, 4) is 0 Å². The van der Waals surface area contributed by atoms with Gasteiger partial charge in [-0.1, -0.05) is 23.7 Å². The molecule has 2 nitrogen and oxygen atoms in total. The molecule has 0 saturated heterocycles. The zero-order valence-corrected chi connectivity index (χ0v) is 8.58. The molecular formula is C11H10ClNO. The van der Waals surface area contributed by atoms with Gasteiger partial charge in [-0.3, -0.25) is 4.79 Å². The van der Waals surface area contributed by atoms with Crippen molar-refractivity contribution >= 4 is 23.6 Å². The summed E-state index contributed by atoms with van der Waals surface area (Å²) in [6.07, 6.45) is 3.65. The van der Waals surface area contributed by atoms with Crippen LogP contribution in [0.3, 0.4) is 0 Å². The predicted octanol–water partition coefficient (Wildman–Crippen LogP) is 2.67. The van der Waals surface area contributed by atoms with E-state index in [0.717, 1.165) is 16.1 Å². The molecule has 0 fully saturated rings. The SMILES string of the molecule is CC(=O)N1C=Cc2c(Cl)cccc2C1. The van der Waals surface area contributed by atoms with Crippen LogP contribution in [0.1, 0.15) is 18.1 Å². The molecule has 0 spiro atoms. The van der Waals surface area contributed by atoms with Crippen LogP contribution in [0.4, 0.5) is 0 Å². The van der Waals surface area contributed by atoms with Gasteiger partial charge in [0.25, 0.3) is 0 Å². The summed E-state index contributed by atoms with van der Waals surface area (Å²) in [6.45, 7) is 2.17. The standard InChI is InChI=1S/C11H10ClNO/c1-8(14)13-6-5-10-9(7-13)3-2-4-11(10)12/h2-6H,7H2,1H3. The van der Waals surface area contributed by atoms with Gasteiger partial charge in [0.05, 0.1) is 6.54 Å². The molecule has 0 radical (unpaired) electrons. The number of benzene rings is 1. The normalized spacial score (nSPS) is 14.0. The van der Waals surface area contributed by atoms with Crippen molar-refractivity contribution in [1.29, 1.82) is 0 Å². The molecule has 1 aliphatic rings. The van der Waals surface area contributed by atoms with Gasteiger partial charge in [-0.25, -0.2) is 0 Å². The minimum atomic E-state index is 0.0480. The Kier molecular flexibility index (Phi) is 2.30. The third-order valence-electron chi connectivity index (χ3n) is 2.31. The Hall–Kier alpha value is -1.28. The van der Waals surface area contributed by atoms with Crippen molar-refractivity contribution in [1.82, 2.24) is 4.90 Å². The van der Waals surface area contributed by atoms with E-state index >= 15 is 0 Å². The number of carbonyl (C=O) groups is 1. The minimum absolute atomic E-state index is 0.0480. The van der Waals surface area contributed by atoms with Crippen molar-refractivity contribution in [3.63, 3.8) is 0 Å². The van der Waals surface area contributed by atoms with E-state index in [2.05, 4.69) is 0 Å². The Balaban J connectivity index is 2.41. The average molecular weight is 208 g/mol. The van der Waals surface area contributed by atoms with Crippen LogP contribution in [-0.4, -0.2) is 10.8 Å². The Morgan fingerprint density at radius 1 is 1.50 bits per heavy atom. The maximum absolute atomic E-state index is 11.1. The van der Waals surface area contributed by atoms with Crippen LogP contribution in [0.5, 0.6) is 0 Å². The Morgan fingerprint density at radius 2 is 2.29 bits per heavy atom. The third-order valence-corrected chi connectivity index (χ3v) is 2.64. The number of rotatable bonds is 0. The molecule has 0 unspecified atom stereocenters. The highest BCUT2D eigenvalue weighted by atomic mass is 35.5. The van der Waals surface area contributed by atoms with Gasteiger partial charge in [0.2, 0.25) is 5.91 Å². The topological polar surface area (TPSA) is 20.3 Å². The summed E-state index contributed by atoms with van der Waals surface area (Å²) in [6, 6.07) is 5.74. The fraction of sp³-hybridized carbons (Fsp3) is 0.182. The lowest BCUT2D eigenvalue weighted by Gasteiger charge is -2.22. The Bertz CT molecular complexity index is 412. The number of carbonyl (C=O) groups excluding carboxylic acids is 1. The van der Waals surface area contributed by atoms with Gasteiger partial charge in [0.15, 0.2) is 0 Å². The largest absolute Gasteiger partial charge is 0.315 e. The van der Waals surface area contributed by atoms with Gasteiger partial charge in [-0.05, 0) is 23.3 Å². The monoisotopic (exact) mass is 207 g/mol. The Labute approximate surface area is 87.8 Å². The van der Waals surface area contributed by atoms with Crippen LogP contribution in [0.15, 0.2) is 24.4 Å². The summed E-state index contributed by atoms with van der Waals surface area (Å²) in [4.78, 5) is 12.8. The van der Waals surface area contributed by atoms with Crippen LogP contribution in [-0.2, 0) is 11.3 Å². The molecule has 1 aliphatic heterocycles. The molecule has 1 heterocycles. The Morgan fingerprint density at radius 3 is 3.00 bits per heavy atom. The van der Waals surface area contributed by atoms with Gasteiger partial charge >= 0.3 is 0 Å². The van der Waals surface area contributed by atoms with Crippen molar-refractivity contribution < 1.29 is 4.79 Å². The first kappa shape index (κ1) is 9.28. The van der Waals surface area contributed by atoms with Crippen LogP contribution < -0.4 is 0 Å². The van der Waals surface area contributed by atoms with Crippen LogP contribution in [0.25, 0.3) is 6.08 Å². The average Bonchev–Trinajstić information content (AvgIpc) is 2.17. The zero-order valence-electron chi connectivity index (χ0n) is 7.83. The predicted molar refractivity (Wildman–Crippen MR) is 56.7 cm³/mol. The summed E-state index contributed by atoms with van der Waals surface area (Å²) in [5.74, 6) is 0.0480. The molecule has 1 aromatic rings. The molecule has 1 aromatic carbocycles. The maximum Gasteiger partial charge on any atom is 0.223 e. The maximum atomic E-state index is 11.1. The van der Waals surface area contributed by atoms with Crippen molar-refractivity contribution in [3.05, 3.63) is 40.5 Å². The molecule has 1 amide bonds. The molecule has 2 rings (SSSR count). The molecule has 0 aliphatic carbocycles. The van der Waals surface area contributed by atoms with Gasteiger partial charge < -0.3 is 4.90 Å². The summed E-state index contributed by atoms with van der Waals surface area (Å²) in [7, 11) is 0. The number of hydrogen-bond donors (Lipinski definition) is 0. The lowest BCUT2D eigenvalue weighted by molar-refractivity contribution is -0.126. The fourth-order valence-corrected chi connectivity index (χ4v) is 1.78. The van der Waals surface area contributed by atoms with E-state index in [0.29, 0.717) is 6.54 Å². The number of fused-ring (bicyclic) bond motifs is 1. The van der Waals surface area contributed by atoms with Crippen molar-refractivity contribution in [2.24, 2.45) is 0 Å². The zero-order chi connectivity index (χ0) is 10.1. The second kappa shape index (κ2) is 3.46. The molecule has 72 valence electrons. The first-order chi connectivity index (χ1) is 6.68. The van der Waals surface area contributed by atoms with Crippen molar-refractivity contribution in [2.45, 2.75) is 13.5 Å². The third kappa shape index (κ3) is 1.53. The summed E-state index contributed by atoms with van der Waals surface area (Å²) in [5.41, 5.74) is 2.11. The first-order valence-electron chi connectivity index (χ1n) is 4.41. The van der Waals surface area contributed by atoms with Crippen LogP contribution >= 0.6 is 11.6 Å². The van der Waals surface area contributed by atoms with E-state index < -0.39 is 0 Å².